The van der Waals surface area contributed by atoms with Gasteiger partial charge in [-0.25, -0.2) is 8.78 Å². The molecule has 68 valence electrons. The first kappa shape index (κ1) is 9.48. The summed E-state index contributed by atoms with van der Waals surface area (Å²) in [6, 6.07) is 0. The Morgan fingerprint density at radius 3 is 1.62 bits per heavy atom. The van der Waals surface area contributed by atoms with Gasteiger partial charge in [-0.3, -0.25) is 0 Å². The molecule has 0 bridgehead atoms. The Bertz CT molecular complexity index is 344. The quantitative estimate of drug-likeness (QED) is 0.376. The van der Waals surface area contributed by atoms with E-state index in [-0.39, 0.29) is 0 Å². The van der Waals surface area contributed by atoms with Crippen LogP contribution in [0.25, 0.3) is 6.08 Å². The van der Waals surface area contributed by atoms with Crippen LogP contribution < -0.4 is 5.11 Å². The van der Waals surface area contributed by atoms with Gasteiger partial charge in [-0.05, 0) is 5.75 Å². The molecule has 0 saturated carbocycles. The van der Waals surface area contributed by atoms with E-state index < -0.39 is 34.6 Å². The smallest absolute Gasteiger partial charge is 0.250 e. The van der Waals surface area contributed by atoms with Gasteiger partial charge in [-0.1, -0.05) is 0 Å². The first-order valence-electron chi connectivity index (χ1n) is 3.08. The Morgan fingerprint density at radius 2 is 1.31 bits per heavy atom. The molecule has 1 aromatic rings. The molecule has 0 fully saturated rings. The highest BCUT2D eigenvalue weighted by Gasteiger charge is 2.25. The maximum absolute atomic E-state index is 12.6. The molecular formula is C8H2F4O. The van der Waals surface area contributed by atoms with Gasteiger partial charge in [-0.15, -0.1) is 0 Å². The van der Waals surface area contributed by atoms with Crippen molar-refractivity contribution >= 4 is 6.08 Å². The van der Waals surface area contributed by atoms with Crippen LogP contribution in [0, 0.1) is 29.8 Å². The summed E-state index contributed by atoms with van der Waals surface area (Å²) in [5.41, 5.74) is -1.09. The standard InChI is InChI=1S/C8H2F4O/c1-2-3-4(9)6(11)8(13)7(12)5(3)10/h1-2H. The van der Waals surface area contributed by atoms with Gasteiger partial charge in [-0.2, -0.15) is 8.78 Å². The van der Waals surface area contributed by atoms with E-state index >= 15 is 0 Å². The summed E-state index contributed by atoms with van der Waals surface area (Å²) in [7, 11) is 0. The molecule has 1 aromatic carbocycles. The highest BCUT2D eigenvalue weighted by atomic mass is 19.2. The largest absolute Gasteiger partial charge is 0.868 e. The third-order valence-corrected chi connectivity index (χ3v) is 1.42. The zero-order valence-electron chi connectivity index (χ0n) is 6.07. The minimum atomic E-state index is -1.98. The zero-order valence-corrected chi connectivity index (χ0v) is 6.07. The van der Waals surface area contributed by atoms with E-state index in [1.807, 2.05) is 0 Å². The molecule has 1 rings (SSSR count). The predicted molar refractivity (Wildman–Crippen MR) is 34.5 cm³/mol. The number of benzene rings is 1. The Balaban J connectivity index is 3.66. The van der Waals surface area contributed by atoms with Crippen LogP contribution in [-0.2, 0) is 0 Å². The van der Waals surface area contributed by atoms with Crippen molar-refractivity contribution in [3.8, 4) is 5.75 Å². The molecule has 0 heterocycles. The molecule has 1 nitrogen and oxygen atoms in total. The van der Waals surface area contributed by atoms with Crippen LogP contribution in [-0.4, -0.2) is 0 Å². The van der Waals surface area contributed by atoms with E-state index in [1.54, 1.807) is 0 Å². The van der Waals surface area contributed by atoms with Crippen LogP contribution >= 0.6 is 0 Å². The van der Waals surface area contributed by atoms with Crippen LogP contribution in [0.2, 0.25) is 0 Å². The van der Waals surface area contributed by atoms with Gasteiger partial charge in [0.2, 0.25) is 0 Å². The third kappa shape index (κ3) is 1.23. The lowest BCUT2D eigenvalue weighted by molar-refractivity contribution is -0.277. The van der Waals surface area contributed by atoms with Crippen molar-refractivity contribution in [2.45, 2.75) is 0 Å². The first-order chi connectivity index (χ1) is 6.00. The zero-order chi connectivity index (χ0) is 10.2. The summed E-state index contributed by atoms with van der Waals surface area (Å²) in [5.74, 6) is -9.47. The Morgan fingerprint density at radius 1 is 0.923 bits per heavy atom. The van der Waals surface area contributed by atoms with Crippen LogP contribution in [0.3, 0.4) is 0 Å². The van der Waals surface area contributed by atoms with Gasteiger partial charge >= 0.3 is 0 Å². The monoisotopic (exact) mass is 190 g/mol. The molecule has 5 heteroatoms. The minimum Gasteiger partial charge on any atom is -0.868 e. The molecule has 0 radical (unpaired) electrons. The van der Waals surface area contributed by atoms with Gasteiger partial charge in [0.15, 0.2) is 23.3 Å². The highest BCUT2D eigenvalue weighted by molar-refractivity contribution is 5.50. The lowest BCUT2D eigenvalue weighted by Crippen LogP contribution is -2.06. The Labute approximate surface area is 70.9 Å². The van der Waals surface area contributed by atoms with Gasteiger partial charge in [0, 0.05) is 6.58 Å². The molecule has 0 N–H and O–H groups in total. The molecule has 0 aliphatic heterocycles. The van der Waals surface area contributed by atoms with Gasteiger partial charge in [0.25, 0.3) is 11.6 Å². The number of rotatable bonds is 1. The lowest BCUT2D eigenvalue weighted by atomic mass is 10.1. The maximum atomic E-state index is 12.6. The normalized spacial score (nSPS) is 10.1. The second-order valence-corrected chi connectivity index (χ2v) is 2.17. The lowest BCUT2D eigenvalue weighted by Gasteiger charge is -2.08. The van der Waals surface area contributed by atoms with Crippen LogP contribution in [0.5, 0.6) is 5.75 Å². The predicted octanol–water partition coefficient (Wildman–Crippen LogP) is 1.76. The molecule has 0 aromatic heterocycles. The Kier molecular flexibility index (Phi) is 2.21. The summed E-state index contributed by atoms with van der Waals surface area (Å²) < 4.78 is 50.1. The van der Waals surface area contributed by atoms with Crippen molar-refractivity contribution in [3.63, 3.8) is 0 Å². The second-order valence-electron chi connectivity index (χ2n) is 2.17. The molecule has 0 spiro atoms. The Hall–Kier alpha value is -1.61. The molecule has 13 heavy (non-hydrogen) atoms. The topological polar surface area (TPSA) is 23.1 Å². The summed E-state index contributed by atoms with van der Waals surface area (Å²) in [6.45, 7) is 4.70. The molecule has 0 atom stereocenters. The summed E-state index contributed by atoms with van der Waals surface area (Å²) in [4.78, 5) is 0. The molecule has 0 aliphatic rings. The van der Waals surface area contributed by atoms with E-state index in [2.05, 4.69) is 0 Å². The molecular weight excluding hydrogens is 188 g/mol. The molecule has 0 aliphatic carbocycles. The second kappa shape index (κ2) is 3.03. The van der Waals surface area contributed by atoms with E-state index in [0.717, 1.165) is 0 Å². The number of hydrogen-bond donors (Lipinski definition) is 0. The molecule has 0 saturated heterocycles. The SMILES string of the molecule is [CH+]=Cc1c(F)c(F)c([O-])c(F)c1F. The fourth-order valence-corrected chi connectivity index (χ4v) is 0.775. The first-order valence-corrected chi connectivity index (χ1v) is 3.08. The summed E-state index contributed by atoms with van der Waals surface area (Å²) in [6.07, 6.45) is 0.344. The van der Waals surface area contributed by atoms with E-state index in [9.17, 15) is 22.7 Å². The third-order valence-electron chi connectivity index (χ3n) is 1.42. The van der Waals surface area contributed by atoms with E-state index in [0.29, 0.717) is 6.08 Å². The average molecular weight is 190 g/mol. The molecule has 0 amide bonds. The van der Waals surface area contributed by atoms with Crippen LogP contribution in [0.15, 0.2) is 0 Å². The van der Waals surface area contributed by atoms with Crippen molar-refractivity contribution in [2.24, 2.45) is 0 Å². The van der Waals surface area contributed by atoms with Gasteiger partial charge in [0.1, 0.15) is 0 Å². The minimum absolute atomic E-state index is 0.344. The summed E-state index contributed by atoms with van der Waals surface area (Å²) in [5, 5.41) is 10.4. The van der Waals surface area contributed by atoms with E-state index in [1.165, 1.54) is 0 Å². The maximum Gasteiger partial charge on any atom is 0.250 e. The van der Waals surface area contributed by atoms with Crippen molar-refractivity contribution < 1.29 is 22.7 Å². The van der Waals surface area contributed by atoms with Crippen molar-refractivity contribution in [1.82, 2.24) is 0 Å². The van der Waals surface area contributed by atoms with Crippen LogP contribution in [0.4, 0.5) is 17.6 Å². The fraction of sp³-hybridized carbons (Fsp3) is 0. The van der Waals surface area contributed by atoms with Gasteiger partial charge in [0.05, 0.1) is 0 Å². The highest BCUT2D eigenvalue weighted by Crippen LogP contribution is 2.27. The average Bonchev–Trinajstić information content (AvgIpc) is 2.13. The molecule has 0 unspecified atom stereocenters. The number of hydrogen-bond acceptors (Lipinski definition) is 1. The van der Waals surface area contributed by atoms with Crippen molar-refractivity contribution in [3.05, 3.63) is 35.4 Å². The summed E-state index contributed by atoms with van der Waals surface area (Å²) >= 11 is 0. The van der Waals surface area contributed by atoms with Crippen LogP contribution in [0.1, 0.15) is 5.56 Å². The fourth-order valence-electron chi connectivity index (χ4n) is 0.775. The van der Waals surface area contributed by atoms with E-state index in [4.69, 9.17) is 6.58 Å². The number of halogens is 4. The van der Waals surface area contributed by atoms with Crippen molar-refractivity contribution in [2.75, 3.05) is 0 Å². The van der Waals surface area contributed by atoms with Crippen molar-refractivity contribution in [1.29, 1.82) is 0 Å². The van der Waals surface area contributed by atoms with Gasteiger partial charge < -0.3 is 5.11 Å².